The highest BCUT2D eigenvalue weighted by Gasteiger charge is 2.19. The van der Waals surface area contributed by atoms with Crippen LogP contribution in [0.25, 0.3) is 0 Å². The van der Waals surface area contributed by atoms with E-state index < -0.39 is 0 Å². The number of rotatable bonds is 6. The Hall–Kier alpha value is -1.29. The molecular formula is C13H17O3S+. The number of ether oxygens (including phenoxy) is 1. The van der Waals surface area contributed by atoms with Crippen LogP contribution in [0.2, 0.25) is 0 Å². The SMILES string of the molecule is COC(=O)CC[S+](C)CC(=O)c1ccccc1. The second-order valence-corrected chi connectivity index (χ2v) is 6.01. The Kier molecular flexibility index (Phi) is 5.77. The average molecular weight is 253 g/mol. The summed E-state index contributed by atoms with van der Waals surface area (Å²) >= 11 is 0. The maximum Gasteiger partial charge on any atom is 0.310 e. The van der Waals surface area contributed by atoms with Gasteiger partial charge in [0.05, 0.1) is 19.8 Å². The fourth-order valence-electron chi connectivity index (χ4n) is 1.36. The highest BCUT2D eigenvalue weighted by Crippen LogP contribution is 2.04. The highest BCUT2D eigenvalue weighted by molar-refractivity contribution is 7.96. The fourth-order valence-corrected chi connectivity index (χ4v) is 2.64. The fraction of sp³-hybridized carbons (Fsp3) is 0.385. The molecule has 1 unspecified atom stereocenters. The molecule has 3 nitrogen and oxygen atoms in total. The quantitative estimate of drug-likeness (QED) is 0.440. The van der Waals surface area contributed by atoms with Crippen LogP contribution in [0.1, 0.15) is 16.8 Å². The van der Waals surface area contributed by atoms with Crippen LogP contribution in [0.5, 0.6) is 0 Å². The molecule has 1 aromatic carbocycles. The van der Waals surface area contributed by atoms with Crippen molar-refractivity contribution in [1.82, 2.24) is 0 Å². The summed E-state index contributed by atoms with van der Waals surface area (Å²) in [5, 5.41) is 0. The number of hydrogen-bond donors (Lipinski definition) is 0. The van der Waals surface area contributed by atoms with Gasteiger partial charge < -0.3 is 4.74 Å². The molecule has 4 heteroatoms. The number of carbonyl (C=O) groups is 2. The van der Waals surface area contributed by atoms with Crippen molar-refractivity contribution in [2.75, 3.05) is 24.9 Å². The molecule has 0 aliphatic heterocycles. The van der Waals surface area contributed by atoms with Crippen LogP contribution in [0.4, 0.5) is 0 Å². The minimum absolute atomic E-state index is 0.0732. The molecule has 0 radical (unpaired) electrons. The highest BCUT2D eigenvalue weighted by atomic mass is 32.2. The Morgan fingerprint density at radius 1 is 1.24 bits per heavy atom. The molecule has 0 aliphatic carbocycles. The number of hydrogen-bond acceptors (Lipinski definition) is 3. The van der Waals surface area contributed by atoms with Crippen molar-refractivity contribution < 1.29 is 14.3 Å². The maximum absolute atomic E-state index is 11.9. The second-order valence-electron chi connectivity index (χ2n) is 3.75. The normalized spacial score (nSPS) is 11.9. The minimum atomic E-state index is -0.212. The number of carbonyl (C=O) groups excluding carboxylic acids is 2. The van der Waals surface area contributed by atoms with Crippen molar-refractivity contribution in [3.05, 3.63) is 35.9 Å². The summed E-state index contributed by atoms with van der Waals surface area (Å²) in [5.41, 5.74) is 0.741. The Bertz CT molecular complexity index is 376. The van der Waals surface area contributed by atoms with Gasteiger partial charge in [-0.1, -0.05) is 30.3 Å². The number of esters is 1. The topological polar surface area (TPSA) is 43.4 Å². The average Bonchev–Trinajstić information content (AvgIpc) is 2.36. The molecular weight excluding hydrogens is 236 g/mol. The van der Waals surface area contributed by atoms with E-state index in [0.29, 0.717) is 17.9 Å². The van der Waals surface area contributed by atoms with Crippen LogP contribution in [0.15, 0.2) is 30.3 Å². The number of benzene rings is 1. The molecule has 0 spiro atoms. The third-order valence-electron chi connectivity index (χ3n) is 2.36. The Morgan fingerprint density at radius 2 is 1.88 bits per heavy atom. The van der Waals surface area contributed by atoms with Crippen LogP contribution in [0, 0.1) is 0 Å². The van der Waals surface area contributed by atoms with Gasteiger partial charge in [-0.05, 0) is 10.9 Å². The molecule has 1 rings (SSSR count). The van der Waals surface area contributed by atoms with Crippen molar-refractivity contribution >= 4 is 22.6 Å². The summed E-state index contributed by atoms with van der Waals surface area (Å²) in [6.45, 7) is 0. The standard InChI is InChI=1S/C13H17O3S/c1-16-13(15)8-9-17(2)10-12(14)11-6-4-3-5-7-11/h3-7H,8-10H2,1-2H3/q+1. The maximum atomic E-state index is 11.9. The van der Waals surface area contributed by atoms with Gasteiger partial charge in [-0.25, -0.2) is 0 Å². The van der Waals surface area contributed by atoms with Gasteiger partial charge in [-0.2, -0.15) is 0 Å². The van der Waals surface area contributed by atoms with Gasteiger partial charge in [0.15, 0.2) is 5.75 Å². The van der Waals surface area contributed by atoms with Crippen LogP contribution in [0.3, 0.4) is 0 Å². The molecule has 92 valence electrons. The summed E-state index contributed by atoms with van der Waals surface area (Å²) < 4.78 is 4.57. The largest absolute Gasteiger partial charge is 0.469 e. The predicted molar refractivity (Wildman–Crippen MR) is 70.4 cm³/mol. The van der Waals surface area contributed by atoms with Crippen molar-refractivity contribution in [1.29, 1.82) is 0 Å². The molecule has 0 aliphatic rings. The van der Waals surface area contributed by atoms with Gasteiger partial charge in [-0.3, -0.25) is 9.59 Å². The van der Waals surface area contributed by atoms with Crippen molar-refractivity contribution in [3.63, 3.8) is 0 Å². The number of methoxy groups -OCH3 is 1. The van der Waals surface area contributed by atoms with Crippen molar-refractivity contribution in [3.8, 4) is 0 Å². The van der Waals surface area contributed by atoms with E-state index in [0.717, 1.165) is 5.56 Å². The van der Waals surface area contributed by atoms with Gasteiger partial charge in [0.2, 0.25) is 5.78 Å². The molecule has 17 heavy (non-hydrogen) atoms. The molecule has 1 atom stereocenters. The lowest BCUT2D eigenvalue weighted by Gasteiger charge is -2.02. The number of Topliss-reactive ketones (excluding diaryl/α,β-unsaturated/α-hetero) is 1. The summed E-state index contributed by atoms with van der Waals surface area (Å²) in [6, 6.07) is 9.24. The smallest absolute Gasteiger partial charge is 0.310 e. The van der Waals surface area contributed by atoms with E-state index in [9.17, 15) is 9.59 Å². The van der Waals surface area contributed by atoms with Gasteiger partial charge in [0, 0.05) is 5.56 Å². The minimum Gasteiger partial charge on any atom is -0.469 e. The predicted octanol–water partition coefficient (Wildman–Crippen LogP) is 1.68. The first-order valence-corrected chi connectivity index (χ1v) is 7.35. The third kappa shape index (κ3) is 5.04. The van der Waals surface area contributed by atoms with E-state index in [2.05, 4.69) is 4.74 Å². The molecule has 1 aromatic rings. The van der Waals surface area contributed by atoms with Crippen LogP contribution in [-0.2, 0) is 20.4 Å². The lowest BCUT2D eigenvalue weighted by atomic mass is 10.2. The second kappa shape index (κ2) is 7.12. The number of ketones is 1. The van der Waals surface area contributed by atoms with Crippen LogP contribution >= 0.6 is 0 Å². The first kappa shape index (κ1) is 13.8. The van der Waals surface area contributed by atoms with E-state index in [-0.39, 0.29) is 22.6 Å². The molecule has 0 amide bonds. The molecule has 0 bridgehead atoms. The molecule has 0 aromatic heterocycles. The zero-order valence-corrected chi connectivity index (χ0v) is 11.0. The van der Waals surface area contributed by atoms with Gasteiger partial charge in [0.25, 0.3) is 0 Å². The van der Waals surface area contributed by atoms with E-state index in [1.807, 2.05) is 36.6 Å². The first-order valence-electron chi connectivity index (χ1n) is 5.37. The van der Waals surface area contributed by atoms with Crippen LogP contribution < -0.4 is 0 Å². The van der Waals surface area contributed by atoms with Crippen LogP contribution in [-0.4, -0.2) is 36.6 Å². The van der Waals surface area contributed by atoms with E-state index in [1.54, 1.807) is 0 Å². The van der Waals surface area contributed by atoms with E-state index in [4.69, 9.17) is 0 Å². The third-order valence-corrected chi connectivity index (χ3v) is 4.01. The summed E-state index contributed by atoms with van der Waals surface area (Å²) in [6.07, 6.45) is 2.39. The summed E-state index contributed by atoms with van der Waals surface area (Å²) in [5.74, 6) is 1.14. The van der Waals surface area contributed by atoms with Crippen molar-refractivity contribution in [2.24, 2.45) is 0 Å². The first-order chi connectivity index (χ1) is 8.13. The molecule has 0 saturated carbocycles. The lowest BCUT2D eigenvalue weighted by molar-refractivity contribution is -0.140. The monoisotopic (exact) mass is 253 g/mol. The summed E-state index contributed by atoms with van der Waals surface area (Å²) in [4.78, 5) is 22.8. The van der Waals surface area contributed by atoms with E-state index >= 15 is 0 Å². The zero-order valence-electron chi connectivity index (χ0n) is 10.1. The van der Waals surface area contributed by atoms with Gasteiger partial charge >= 0.3 is 5.97 Å². The molecule has 0 fully saturated rings. The lowest BCUT2D eigenvalue weighted by Crippen LogP contribution is -2.20. The van der Waals surface area contributed by atoms with Gasteiger partial charge in [0.1, 0.15) is 5.75 Å². The van der Waals surface area contributed by atoms with Gasteiger partial charge in [-0.15, -0.1) is 0 Å². The molecule has 0 heterocycles. The zero-order chi connectivity index (χ0) is 12.7. The summed E-state index contributed by atoms with van der Waals surface area (Å²) in [7, 11) is 1.31. The van der Waals surface area contributed by atoms with E-state index in [1.165, 1.54) is 7.11 Å². The molecule has 0 saturated heterocycles. The Labute approximate surface area is 105 Å². The molecule has 0 N–H and O–H groups in total. The van der Waals surface area contributed by atoms with Crippen molar-refractivity contribution in [2.45, 2.75) is 6.42 Å². The Balaban J connectivity index is 2.39. The Morgan fingerprint density at radius 3 is 2.47 bits per heavy atom.